The number of esters is 1. The van der Waals surface area contributed by atoms with Crippen LogP contribution in [0.3, 0.4) is 0 Å². The Bertz CT molecular complexity index is 967. The number of hydrogen-bond donors (Lipinski definition) is 0. The van der Waals surface area contributed by atoms with Gasteiger partial charge in [-0.1, -0.05) is 0 Å². The molecule has 3 aromatic rings. The zero-order valence-corrected chi connectivity index (χ0v) is 14.8. The fourth-order valence-electron chi connectivity index (χ4n) is 2.50. The highest BCUT2D eigenvalue weighted by atomic mass is 19.3. The molecule has 1 aromatic heterocycles. The second-order valence-corrected chi connectivity index (χ2v) is 5.83. The Balaban J connectivity index is 1.57. The lowest BCUT2D eigenvalue weighted by atomic mass is 10.1. The minimum Gasteiger partial charge on any atom is -0.454 e. The van der Waals surface area contributed by atoms with Crippen LogP contribution in [-0.2, 0) is 4.74 Å². The number of hydrogen-bond acceptors (Lipinski definition) is 5. The number of aryl methyl sites for hydroxylation is 1. The van der Waals surface area contributed by atoms with Crippen molar-refractivity contribution < 1.29 is 27.8 Å². The maximum absolute atomic E-state index is 12.1. The molecule has 2 aromatic carbocycles. The van der Waals surface area contributed by atoms with Gasteiger partial charge in [-0.3, -0.25) is 4.79 Å². The lowest BCUT2D eigenvalue weighted by molar-refractivity contribution is -0.0498. The molecule has 0 saturated heterocycles. The van der Waals surface area contributed by atoms with Crippen LogP contribution in [-0.4, -0.2) is 34.8 Å². The van der Waals surface area contributed by atoms with Gasteiger partial charge in [0.2, 0.25) is 0 Å². The first-order valence-electron chi connectivity index (χ1n) is 8.30. The molecule has 0 saturated carbocycles. The molecule has 0 aliphatic carbocycles. The van der Waals surface area contributed by atoms with Gasteiger partial charge in [0.1, 0.15) is 5.75 Å². The van der Waals surface area contributed by atoms with Gasteiger partial charge in [0.25, 0.3) is 0 Å². The van der Waals surface area contributed by atoms with E-state index >= 15 is 0 Å². The van der Waals surface area contributed by atoms with Crippen molar-refractivity contribution in [2.75, 3.05) is 6.61 Å². The van der Waals surface area contributed by atoms with E-state index in [9.17, 15) is 18.4 Å². The Morgan fingerprint density at radius 2 is 1.64 bits per heavy atom. The number of halogens is 2. The summed E-state index contributed by atoms with van der Waals surface area (Å²) in [6.07, 6.45) is 1.68. The number of benzene rings is 2. The van der Waals surface area contributed by atoms with Crippen LogP contribution >= 0.6 is 0 Å². The second kappa shape index (κ2) is 8.43. The lowest BCUT2D eigenvalue weighted by Crippen LogP contribution is -2.14. The van der Waals surface area contributed by atoms with E-state index in [1.807, 2.05) is 13.0 Å². The Kier molecular flexibility index (Phi) is 5.78. The molecule has 0 unspecified atom stereocenters. The number of nitrogens with zero attached hydrogens (tertiary/aromatic N) is 2. The van der Waals surface area contributed by atoms with Crippen molar-refractivity contribution in [1.29, 1.82) is 0 Å². The molecule has 144 valence electrons. The van der Waals surface area contributed by atoms with Crippen molar-refractivity contribution in [3.8, 4) is 11.4 Å². The number of ketones is 1. The van der Waals surface area contributed by atoms with E-state index in [0.29, 0.717) is 5.56 Å². The zero-order chi connectivity index (χ0) is 20.1. The molecule has 0 fully saturated rings. The topological polar surface area (TPSA) is 70.4 Å². The summed E-state index contributed by atoms with van der Waals surface area (Å²) in [7, 11) is 0. The van der Waals surface area contributed by atoms with E-state index in [1.54, 1.807) is 35.1 Å². The molecule has 6 nitrogen and oxygen atoms in total. The number of alkyl halides is 2. The van der Waals surface area contributed by atoms with Crippen LogP contribution in [0.1, 0.15) is 26.4 Å². The molecule has 0 aliphatic rings. The van der Waals surface area contributed by atoms with Crippen LogP contribution in [0.5, 0.6) is 5.75 Å². The molecular formula is C20H16F2N2O4. The highest BCUT2D eigenvalue weighted by Crippen LogP contribution is 2.16. The SMILES string of the molecule is Cc1ccnn1-c1ccc(C(=O)OCC(=O)c2ccc(OC(F)F)cc2)cc1. The summed E-state index contributed by atoms with van der Waals surface area (Å²) in [6.45, 7) is -1.49. The molecule has 1 heterocycles. The van der Waals surface area contributed by atoms with Crippen LogP contribution in [0.15, 0.2) is 60.8 Å². The van der Waals surface area contributed by atoms with Crippen LogP contribution in [0.4, 0.5) is 8.78 Å². The van der Waals surface area contributed by atoms with E-state index < -0.39 is 25.0 Å². The molecule has 0 amide bonds. The summed E-state index contributed by atoms with van der Waals surface area (Å²) >= 11 is 0. The molecular weight excluding hydrogens is 370 g/mol. The van der Waals surface area contributed by atoms with Crippen LogP contribution in [0.25, 0.3) is 5.69 Å². The van der Waals surface area contributed by atoms with Gasteiger partial charge in [0, 0.05) is 17.5 Å². The predicted molar refractivity (Wildman–Crippen MR) is 96.0 cm³/mol. The van der Waals surface area contributed by atoms with Crippen molar-refractivity contribution in [3.05, 3.63) is 77.6 Å². The summed E-state index contributed by atoms with van der Waals surface area (Å²) in [5, 5.41) is 4.18. The van der Waals surface area contributed by atoms with Crippen molar-refractivity contribution >= 4 is 11.8 Å². The molecule has 0 spiro atoms. The van der Waals surface area contributed by atoms with E-state index in [2.05, 4.69) is 9.84 Å². The molecule has 0 aliphatic heterocycles. The average Bonchev–Trinajstić information content (AvgIpc) is 3.12. The number of aromatic nitrogens is 2. The Morgan fingerprint density at radius 3 is 2.21 bits per heavy atom. The molecule has 0 N–H and O–H groups in total. The molecule has 0 bridgehead atoms. The molecule has 0 atom stereocenters. The monoisotopic (exact) mass is 386 g/mol. The van der Waals surface area contributed by atoms with Gasteiger partial charge in [0.15, 0.2) is 12.4 Å². The Morgan fingerprint density at radius 1 is 1.00 bits per heavy atom. The van der Waals surface area contributed by atoms with E-state index in [-0.39, 0.29) is 11.3 Å². The zero-order valence-electron chi connectivity index (χ0n) is 14.8. The second-order valence-electron chi connectivity index (χ2n) is 5.83. The van der Waals surface area contributed by atoms with Gasteiger partial charge in [0.05, 0.1) is 11.3 Å². The van der Waals surface area contributed by atoms with Gasteiger partial charge in [-0.2, -0.15) is 13.9 Å². The predicted octanol–water partition coefficient (Wildman–Crippen LogP) is 3.82. The molecule has 3 rings (SSSR count). The van der Waals surface area contributed by atoms with Crippen molar-refractivity contribution in [1.82, 2.24) is 9.78 Å². The fourth-order valence-corrected chi connectivity index (χ4v) is 2.50. The van der Waals surface area contributed by atoms with Gasteiger partial charge in [-0.15, -0.1) is 0 Å². The number of carbonyl (C=O) groups excluding carboxylic acids is 2. The number of carbonyl (C=O) groups is 2. The smallest absolute Gasteiger partial charge is 0.387 e. The normalized spacial score (nSPS) is 10.7. The molecule has 0 radical (unpaired) electrons. The summed E-state index contributed by atoms with van der Waals surface area (Å²) < 4.78 is 35.2. The fraction of sp³-hybridized carbons (Fsp3) is 0.150. The number of ether oxygens (including phenoxy) is 2. The first-order chi connectivity index (χ1) is 13.4. The van der Waals surface area contributed by atoms with Gasteiger partial charge in [-0.25, -0.2) is 9.48 Å². The van der Waals surface area contributed by atoms with Crippen LogP contribution in [0.2, 0.25) is 0 Å². The summed E-state index contributed by atoms with van der Waals surface area (Å²) in [5.74, 6) is -1.16. The van der Waals surface area contributed by atoms with E-state index in [1.165, 1.54) is 24.3 Å². The minimum absolute atomic E-state index is 0.0592. The van der Waals surface area contributed by atoms with Gasteiger partial charge >= 0.3 is 12.6 Å². The third kappa shape index (κ3) is 4.59. The number of rotatable bonds is 7. The van der Waals surface area contributed by atoms with Crippen molar-refractivity contribution in [2.45, 2.75) is 13.5 Å². The van der Waals surface area contributed by atoms with Crippen LogP contribution < -0.4 is 4.74 Å². The highest BCUT2D eigenvalue weighted by molar-refractivity contribution is 5.99. The standard InChI is InChI=1S/C20H16F2N2O4/c1-13-10-11-23-24(13)16-6-2-15(3-7-16)19(26)27-12-18(25)14-4-8-17(9-5-14)28-20(21)22/h2-11,20H,12H2,1H3. The minimum atomic E-state index is -2.94. The average molecular weight is 386 g/mol. The van der Waals surface area contributed by atoms with Crippen LogP contribution in [0, 0.1) is 6.92 Å². The van der Waals surface area contributed by atoms with Crippen molar-refractivity contribution in [3.63, 3.8) is 0 Å². The third-order valence-electron chi connectivity index (χ3n) is 3.92. The first kappa shape index (κ1) is 19.2. The van der Waals surface area contributed by atoms with Gasteiger partial charge < -0.3 is 9.47 Å². The Labute approximate surface area is 159 Å². The van der Waals surface area contributed by atoms with E-state index in [0.717, 1.165) is 11.4 Å². The Hall–Kier alpha value is -3.55. The largest absolute Gasteiger partial charge is 0.454 e. The maximum atomic E-state index is 12.1. The summed E-state index contributed by atoms with van der Waals surface area (Å²) in [5.41, 5.74) is 2.26. The quantitative estimate of drug-likeness (QED) is 0.456. The molecule has 8 heteroatoms. The van der Waals surface area contributed by atoms with Crippen molar-refractivity contribution in [2.24, 2.45) is 0 Å². The summed E-state index contributed by atoms with van der Waals surface area (Å²) in [6, 6.07) is 13.6. The highest BCUT2D eigenvalue weighted by Gasteiger charge is 2.13. The van der Waals surface area contributed by atoms with Gasteiger partial charge in [-0.05, 0) is 61.5 Å². The summed E-state index contributed by atoms with van der Waals surface area (Å²) in [4.78, 5) is 24.2. The number of Topliss-reactive ketones (excluding diaryl/α,β-unsaturated/α-hetero) is 1. The maximum Gasteiger partial charge on any atom is 0.387 e. The lowest BCUT2D eigenvalue weighted by Gasteiger charge is -2.08. The molecule has 28 heavy (non-hydrogen) atoms. The van der Waals surface area contributed by atoms with E-state index in [4.69, 9.17) is 4.74 Å². The third-order valence-corrected chi connectivity index (χ3v) is 3.92. The first-order valence-corrected chi connectivity index (χ1v) is 8.30.